The van der Waals surface area contributed by atoms with Crippen LogP contribution in [0.25, 0.3) is 0 Å². The highest BCUT2D eigenvalue weighted by Gasteiger charge is 2.53. The zero-order valence-electron chi connectivity index (χ0n) is 28.1. The summed E-state index contributed by atoms with van der Waals surface area (Å²) in [5.41, 5.74) is 8.13. The van der Waals surface area contributed by atoms with Crippen LogP contribution in [0, 0.1) is 23.6 Å². The molecule has 0 unspecified atom stereocenters. The summed E-state index contributed by atoms with van der Waals surface area (Å²) in [6.45, 7) is 7.48. The second-order valence-electron chi connectivity index (χ2n) is 13.8. The number of anilines is 1. The second-order valence-corrected chi connectivity index (χ2v) is 13.8. The Balaban J connectivity index is 1.22. The number of aromatic carboxylic acids is 1. The SMILES string of the molecule is CCc1nccn1C[C@@](c1cccc(F)c1)(C1CCN(CC2CN(c3ccc(CN)cc3C(=O)O)C2)CC1)[C@H]1CCC[C@@H]1OC(=O)NC. The number of piperidine rings is 1. The van der Waals surface area contributed by atoms with Gasteiger partial charge in [0, 0.05) is 75.8 Å². The minimum absolute atomic E-state index is 0.0227. The van der Waals surface area contributed by atoms with Gasteiger partial charge < -0.3 is 35.3 Å². The third-order valence-corrected chi connectivity index (χ3v) is 11.1. The highest BCUT2D eigenvalue weighted by atomic mass is 19.1. The lowest BCUT2D eigenvalue weighted by molar-refractivity contribution is 0.00159. The van der Waals surface area contributed by atoms with Crippen LogP contribution >= 0.6 is 0 Å². The van der Waals surface area contributed by atoms with Crippen molar-refractivity contribution in [2.24, 2.45) is 23.5 Å². The number of nitrogens with zero attached hydrogens (tertiary/aromatic N) is 4. The fraction of sp³-hybridized carbons (Fsp3) is 0.541. The van der Waals surface area contributed by atoms with Crippen molar-refractivity contribution in [1.29, 1.82) is 0 Å². The van der Waals surface area contributed by atoms with Gasteiger partial charge in [0.2, 0.25) is 0 Å². The first-order valence-corrected chi connectivity index (χ1v) is 17.4. The number of aryl methyl sites for hydroxylation is 1. The zero-order chi connectivity index (χ0) is 33.8. The predicted octanol–water partition coefficient (Wildman–Crippen LogP) is 5.05. The molecule has 1 amide bonds. The molecular formula is C37H49FN6O4. The maximum absolute atomic E-state index is 15.1. The number of hydrogen-bond acceptors (Lipinski definition) is 7. The molecule has 6 rings (SSSR count). The Morgan fingerprint density at radius 1 is 1.12 bits per heavy atom. The number of nitrogens with one attached hydrogen (secondary N) is 1. The molecule has 2 aromatic carbocycles. The van der Waals surface area contributed by atoms with Crippen molar-refractivity contribution < 1.29 is 23.8 Å². The molecule has 2 saturated heterocycles. The van der Waals surface area contributed by atoms with Gasteiger partial charge in [0.15, 0.2) is 0 Å². The summed E-state index contributed by atoms with van der Waals surface area (Å²) in [4.78, 5) is 33.8. The number of carboxylic acid groups (broad SMARTS) is 1. The number of carbonyl (C=O) groups is 2. The number of benzene rings is 2. The van der Waals surface area contributed by atoms with Gasteiger partial charge in [-0.05, 0) is 86.5 Å². The third kappa shape index (κ3) is 6.80. The van der Waals surface area contributed by atoms with Crippen molar-refractivity contribution in [2.45, 2.75) is 70.1 Å². The lowest BCUT2D eigenvalue weighted by Gasteiger charge is -2.51. The van der Waals surface area contributed by atoms with Gasteiger partial charge in [0.1, 0.15) is 17.7 Å². The molecular weight excluding hydrogens is 611 g/mol. The fourth-order valence-corrected chi connectivity index (χ4v) is 8.84. The van der Waals surface area contributed by atoms with Crippen molar-refractivity contribution in [3.05, 3.63) is 83.2 Å². The van der Waals surface area contributed by atoms with Crippen molar-refractivity contribution >= 4 is 17.7 Å². The van der Waals surface area contributed by atoms with Gasteiger partial charge in [-0.3, -0.25) is 0 Å². The number of rotatable bonds is 12. The van der Waals surface area contributed by atoms with Crippen molar-refractivity contribution in [3.63, 3.8) is 0 Å². The van der Waals surface area contributed by atoms with Crippen molar-refractivity contribution in [3.8, 4) is 0 Å². The van der Waals surface area contributed by atoms with E-state index >= 15 is 4.39 Å². The minimum Gasteiger partial charge on any atom is -0.478 e. The highest BCUT2D eigenvalue weighted by Crippen LogP contribution is 2.52. The van der Waals surface area contributed by atoms with E-state index in [0.29, 0.717) is 24.6 Å². The van der Waals surface area contributed by atoms with E-state index in [1.54, 1.807) is 19.2 Å². The van der Waals surface area contributed by atoms with Crippen LogP contribution in [-0.2, 0) is 29.7 Å². The van der Waals surface area contributed by atoms with Crippen LogP contribution in [0.15, 0.2) is 54.9 Å². The number of amides is 1. The molecule has 0 spiro atoms. The first-order valence-electron chi connectivity index (χ1n) is 17.4. The van der Waals surface area contributed by atoms with E-state index in [1.165, 1.54) is 6.07 Å². The van der Waals surface area contributed by atoms with E-state index in [1.807, 2.05) is 30.6 Å². The van der Waals surface area contributed by atoms with Gasteiger partial charge in [-0.2, -0.15) is 0 Å². The molecule has 1 aromatic heterocycles. The number of hydrogen-bond donors (Lipinski definition) is 3. The molecule has 10 nitrogen and oxygen atoms in total. The highest BCUT2D eigenvalue weighted by molar-refractivity contribution is 5.95. The van der Waals surface area contributed by atoms with Gasteiger partial charge in [0.05, 0.1) is 11.3 Å². The Bertz CT molecular complexity index is 1580. The average Bonchev–Trinajstić information content (AvgIpc) is 3.74. The Labute approximate surface area is 282 Å². The maximum Gasteiger partial charge on any atom is 0.407 e. The summed E-state index contributed by atoms with van der Waals surface area (Å²) < 4.78 is 23.4. The van der Waals surface area contributed by atoms with Crippen molar-refractivity contribution in [1.82, 2.24) is 19.8 Å². The number of likely N-dealkylation sites (tertiary alicyclic amines) is 1. The second kappa shape index (κ2) is 14.7. The van der Waals surface area contributed by atoms with E-state index in [0.717, 1.165) is 93.9 Å². The smallest absolute Gasteiger partial charge is 0.407 e. The number of aromatic nitrogens is 2. The molecule has 3 aliphatic rings. The largest absolute Gasteiger partial charge is 0.478 e. The molecule has 3 aromatic rings. The number of imidazole rings is 1. The van der Waals surface area contributed by atoms with E-state index in [9.17, 15) is 14.7 Å². The zero-order valence-corrected chi connectivity index (χ0v) is 28.1. The molecule has 11 heteroatoms. The van der Waals surface area contributed by atoms with Crippen LogP contribution < -0.4 is 16.0 Å². The van der Waals surface area contributed by atoms with Gasteiger partial charge in [-0.25, -0.2) is 19.0 Å². The molecule has 3 fully saturated rings. The Morgan fingerprint density at radius 3 is 2.60 bits per heavy atom. The maximum atomic E-state index is 15.1. The van der Waals surface area contributed by atoms with Crippen LogP contribution in [0.3, 0.4) is 0 Å². The normalized spacial score (nSPS) is 21.9. The first-order chi connectivity index (χ1) is 23.2. The van der Waals surface area contributed by atoms with E-state index < -0.39 is 17.5 Å². The van der Waals surface area contributed by atoms with Crippen molar-refractivity contribution in [2.75, 3.05) is 44.7 Å². The fourth-order valence-electron chi connectivity index (χ4n) is 8.84. The van der Waals surface area contributed by atoms with E-state index in [-0.39, 0.29) is 23.8 Å². The summed E-state index contributed by atoms with van der Waals surface area (Å²) in [5.74, 6) is 0.514. The Kier molecular flexibility index (Phi) is 10.4. The summed E-state index contributed by atoms with van der Waals surface area (Å²) in [6, 6.07) is 12.6. The van der Waals surface area contributed by atoms with Gasteiger partial charge in [0.25, 0.3) is 0 Å². The lowest BCUT2D eigenvalue weighted by atomic mass is 9.58. The monoisotopic (exact) mass is 660 g/mol. The standard InChI is InChI=1S/C37H49FN6O4/c1-3-34-41-14-17-43(34)24-37(28-6-4-7-29(38)19-28,31-8-5-9-33(31)48-36(47)40-2)27-12-15-42(16-13-27)21-26-22-44(23-26)32-11-10-25(20-39)18-30(32)35(45)46/h4,6-7,10-11,14,17-19,26-27,31,33H,3,5,8-9,12-13,15-16,20-24,39H2,1-2H3,(H,40,47)(H,45,46)/t31-,33-,37-/m0/s1. The topological polar surface area (TPSA) is 126 Å². The Hall–Kier alpha value is -3.96. The third-order valence-electron chi connectivity index (χ3n) is 11.1. The number of ether oxygens (including phenoxy) is 1. The number of carboxylic acids is 1. The van der Waals surface area contributed by atoms with Crippen LogP contribution in [0.4, 0.5) is 14.9 Å². The number of alkyl carbamates (subject to hydrolysis) is 1. The van der Waals surface area contributed by atoms with E-state index in [4.69, 9.17) is 10.5 Å². The number of halogens is 1. The van der Waals surface area contributed by atoms with Gasteiger partial charge in [-0.15, -0.1) is 0 Å². The van der Waals surface area contributed by atoms with Gasteiger partial charge >= 0.3 is 12.1 Å². The molecule has 0 radical (unpaired) electrons. The molecule has 1 saturated carbocycles. The Morgan fingerprint density at radius 2 is 1.92 bits per heavy atom. The first kappa shape index (κ1) is 33.9. The molecule has 2 aliphatic heterocycles. The van der Waals surface area contributed by atoms with Crippen LogP contribution in [0.2, 0.25) is 0 Å². The molecule has 48 heavy (non-hydrogen) atoms. The minimum atomic E-state index is -0.931. The van der Waals surface area contributed by atoms with Crippen LogP contribution in [-0.4, -0.2) is 77.5 Å². The number of carbonyl (C=O) groups excluding carboxylic acids is 1. The molecule has 258 valence electrons. The molecule has 0 bridgehead atoms. The van der Waals surface area contributed by atoms with E-state index in [2.05, 4.69) is 37.7 Å². The summed E-state index contributed by atoms with van der Waals surface area (Å²) in [6.07, 6.45) is 8.49. The summed E-state index contributed by atoms with van der Waals surface area (Å²) in [7, 11) is 1.59. The average molecular weight is 661 g/mol. The summed E-state index contributed by atoms with van der Waals surface area (Å²) in [5, 5.41) is 12.4. The number of nitrogens with two attached hydrogens (primary N) is 1. The molecule has 1 aliphatic carbocycles. The summed E-state index contributed by atoms with van der Waals surface area (Å²) >= 11 is 0. The van der Waals surface area contributed by atoms with Crippen LogP contribution in [0.1, 0.15) is 66.3 Å². The van der Waals surface area contributed by atoms with Gasteiger partial charge in [-0.1, -0.05) is 25.1 Å². The quantitative estimate of drug-likeness (QED) is 0.247. The van der Waals surface area contributed by atoms with Crippen LogP contribution in [0.5, 0.6) is 0 Å². The predicted molar refractivity (Wildman–Crippen MR) is 183 cm³/mol. The molecule has 3 heterocycles. The molecule has 3 atom stereocenters. The molecule has 4 N–H and O–H groups in total. The lowest BCUT2D eigenvalue weighted by Crippen LogP contribution is -2.55.